The first-order valence-electron chi connectivity index (χ1n) is 7.10. The van der Waals surface area contributed by atoms with Crippen molar-refractivity contribution >= 4 is 22.2 Å². The van der Waals surface area contributed by atoms with Gasteiger partial charge in [-0.05, 0) is 49.7 Å². The summed E-state index contributed by atoms with van der Waals surface area (Å²) in [6, 6.07) is 14.4. The van der Waals surface area contributed by atoms with Crippen LogP contribution in [0.25, 0.3) is 11.3 Å². The lowest BCUT2D eigenvalue weighted by atomic mass is 10.1. The Morgan fingerprint density at radius 2 is 1.82 bits per heavy atom. The van der Waals surface area contributed by atoms with E-state index in [1.54, 1.807) is 18.4 Å². The van der Waals surface area contributed by atoms with Crippen LogP contribution in [-0.4, -0.2) is 12.1 Å². The van der Waals surface area contributed by atoms with Gasteiger partial charge >= 0.3 is 0 Å². The predicted molar refractivity (Wildman–Crippen MR) is 93.3 cm³/mol. The van der Waals surface area contributed by atoms with Gasteiger partial charge in [-0.15, -0.1) is 11.3 Å². The van der Waals surface area contributed by atoms with Gasteiger partial charge in [0.05, 0.1) is 12.8 Å². The minimum absolute atomic E-state index is 0.896. The van der Waals surface area contributed by atoms with E-state index in [9.17, 15) is 0 Å². The molecule has 112 valence electrons. The summed E-state index contributed by atoms with van der Waals surface area (Å²) in [6.45, 7) is 4.12. The molecule has 0 saturated carbocycles. The molecule has 0 aliphatic heterocycles. The molecule has 0 atom stereocenters. The van der Waals surface area contributed by atoms with E-state index in [4.69, 9.17) is 4.74 Å². The van der Waals surface area contributed by atoms with Crippen LogP contribution in [0, 0.1) is 13.8 Å². The van der Waals surface area contributed by atoms with Gasteiger partial charge in [-0.1, -0.05) is 17.7 Å². The second kappa shape index (κ2) is 6.20. The maximum Gasteiger partial charge on any atom is 0.187 e. The van der Waals surface area contributed by atoms with E-state index in [0.717, 1.165) is 33.4 Å². The van der Waals surface area contributed by atoms with E-state index in [0.29, 0.717) is 0 Å². The number of thiazole rings is 1. The molecule has 1 heterocycles. The van der Waals surface area contributed by atoms with Gasteiger partial charge in [0.15, 0.2) is 5.13 Å². The molecule has 3 rings (SSSR count). The standard InChI is InChI=1S/C18H18N2OS/c1-12-4-7-15(8-5-12)19-18-20-16(11-22-18)14-6-9-17(21-3)13(2)10-14/h4-11H,1-3H3,(H,19,20). The summed E-state index contributed by atoms with van der Waals surface area (Å²) in [5, 5.41) is 6.30. The van der Waals surface area contributed by atoms with Gasteiger partial charge in [0.1, 0.15) is 5.75 Å². The second-order valence-corrected chi connectivity index (χ2v) is 6.07. The van der Waals surface area contributed by atoms with Gasteiger partial charge in [-0.3, -0.25) is 0 Å². The van der Waals surface area contributed by atoms with Gasteiger partial charge in [-0.25, -0.2) is 4.98 Å². The van der Waals surface area contributed by atoms with Crippen molar-refractivity contribution in [1.29, 1.82) is 0 Å². The van der Waals surface area contributed by atoms with Crippen LogP contribution >= 0.6 is 11.3 Å². The molecule has 4 heteroatoms. The number of aryl methyl sites for hydroxylation is 2. The normalized spacial score (nSPS) is 10.5. The minimum atomic E-state index is 0.896. The summed E-state index contributed by atoms with van der Waals surface area (Å²) >= 11 is 1.61. The van der Waals surface area contributed by atoms with Crippen LogP contribution in [0.1, 0.15) is 11.1 Å². The first-order valence-corrected chi connectivity index (χ1v) is 7.98. The summed E-state index contributed by atoms with van der Waals surface area (Å²) in [5.74, 6) is 0.900. The molecule has 1 aromatic heterocycles. The number of nitrogens with one attached hydrogen (secondary N) is 1. The average Bonchev–Trinajstić information content (AvgIpc) is 2.98. The van der Waals surface area contributed by atoms with E-state index in [1.807, 2.05) is 19.1 Å². The Balaban J connectivity index is 1.81. The van der Waals surface area contributed by atoms with Crippen molar-refractivity contribution in [3.8, 4) is 17.0 Å². The van der Waals surface area contributed by atoms with Crippen molar-refractivity contribution in [3.63, 3.8) is 0 Å². The van der Waals surface area contributed by atoms with Gasteiger partial charge in [0, 0.05) is 16.6 Å². The molecule has 0 radical (unpaired) electrons. The number of benzene rings is 2. The molecular formula is C18H18N2OS. The van der Waals surface area contributed by atoms with Crippen molar-refractivity contribution in [2.24, 2.45) is 0 Å². The molecule has 3 nitrogen and oxygen atoms in total. The number of hydrogen-bond donors (Lipinski definition) is 1. The second-order valence-electron chi connectivity index (χ2n) is 5.21. The highest BCUT2D eigenvalue weighted by molar-refractivity contribution is 7.14. The molecule has 0 fully saturated rings. The molecular weight excluding hydrogens is 292 g/mol. The Hall–Kier alpha value is -2.33. The van der Waals surface area contributed by atoms with Crippen molar-refractivity contribution in [3.05, 3.63) is 59.0 Å². The fourth-order valence-electron chi connectivity index (χ4n) is 2.26. The molecule has 0 aliphatic rings. The average molecular weight is 310 g/mol. The number of aromatic nitrogens is 1. The Labute approximate surface area is 134 Å². The number of nitrogens with zero attached hydrogens (tertiary/aromatic N) is 1. The summed E-state index contributed by atoms with van der Waals surface area (Å²) in [4.78, 5) is 4.66. The Morgan fingerprint density at radius 3 is 2.50 bits per heavy atom. The molecule has 2 aromatic carbocycles. The number of rotatable bonds is 4. The first-order chi connectivity index (χ1) is 10.7. The largest absolute Gasteiger partial charge is 0.496 e. The number of ether oxygens (including phenoxy) is 1. The van der Waals surface area contributed by atoms with Crippen LogP contribution in [0.5, 0.6) is 5.75 Å². The third-order valence-corrected chi connectivity index (χ3v) is 4.26. The van der Waals surface area contributed by atoms with Gasteiger partial charge < -0.3 is 10.1 Å². The minimum Gasteiger partial charge on any atom is -0.496 e. The third kappa shape index (κ3) is 3.12. The van der Waals surface area contributed by atoms with Gasteiger partial charge in [-0.2, -0.15) is 0 Å². The van der Waals surface area contributed by atoms with E-state index in [-0.39, 0.29) is 0 Å². The lowest BCUT2D eigenvalue weighted by molar-refractivity contribution is 0.412. The van der Waals surface area contributed by atoms with Crippen molar-refractivity contribution in [2.45, 2.75) is 13.8 Å². The third-order valence-electron chi connectivity index (χ3n) is 3.50. The van der Waals surface area contributed by atoms with Crippen LogP contribution in [0.2, 0.25) is 0 Å². The molecule has 0 saturated heterocycles. The Kier molecular flexibility index (Phi) is 4.11. The van der Waals surface area contributed by atoms with Crippen LogP contribution in [0.3, 0.4) is 0 Å². The smallest absolute Gasteiger partial charge is 0.187 e. The molecule has 0 aliphatic carbocycles. The maximum atomic E-state index is 5.30. The Bertz CT molecular complexity index is 778. The van der Waals surface area contributed by atoms with Crippen molar-refractivity contribution < 1.29 is 4.74 Å². The maximum absolute atomic E-state index is 5.30. The van der Waals surface area contributed by atoms with Crippen LogP contribution in [0.15, 0.2) is 47.8 Å². The summed E-state index contributed by atoms with van der Waals surface area (Å²) in [5.41, 5.74) is 5.49. The zero-order chi connectivity index (χ0) is 15.5. The lowest BCUT2D eigenvalue weighted by Gasteiger charge is -2.06. The van der Waals surface area contributed by atoms with Crippen molar-refractivity contribution in [2.75, 3.05) is 12.4 Å². The molecule has 0 spiro atoms. The number of methoxy groups -OCH3 is 1. The van der Waals surface area contributed by atoms with Crippen molar-refractivity contribution in [1.82, 2.24) is 4.98 Å². The summed E-state index contributed by atoms with van der Waals surface area (Å²) in [7, 11) is 1.69. The van der Waals surface area contributed by atoms with E-state index < -0.39 is 0 Å². The Morgan fingerprint density at radius 1 is 1.05 bits per heavy atom. The van der Waals surface area contributed by atoms with E-state index >= 15 is 0 Å². The topological polar surface area (TPSA) is 34.1 Å². The summed E-state index contributed by atoms with van der Waals surface area (Å²) in [6.07, 6.45) is 0. The van der Waals surface area contributed by atoms with Crippen LogP contribution in [-0.2, 0) is 0 Å². The van der Waals surface area contributed by atoms with Gasteiger partial charge in [0.2, 0.25) is 0 Å². The molecule has 0 bridgehead atoms. The summed E-state index contributed by atoms with van der Waals surface area (Å²) < 4.78 is 5.30. The first kappa shape index (κ1) is 14.6. The van der Waals surface area contributed by atoms with E-state index in [2.05, 4.69) is 52.9 Å². The molecule has 3 aromatic rings. The SMILES string of the molecule is COc1ccc(-c2csc(Nc3ccc(C)cc3)n2)cc1C. The predicted octanol–water partition coefficient (Wildman–Crippen LogP) is 5.18. The quantitative estimate of drug-likeness (QED) is 0.721. The zero-order valence-electron chi connectivity index (χ0n) is 12.9. The van der Waals surface area contributed by atoms with E-state index in [1.165, 1.54) is 5.56 Å². The fourth-order valence-corrected chi connectivity index (χ4v) is 3.00. The fraction of sp³-hybridized carbons (Fsp3) is 0.167. The number of anilines is 2. The highest BCUT2D eigenvalue weighted by Gasteiger charge is 2.07. The molecule has 1 N–H and O–H groups in total. The molecule has 0 amide bonds. The van der Waals surface area contributed by atoms with Crippen LogP contribution in [0.4, 0.5) is 10.8 Å². The molecule has 22 heavy (non-hydrogen) atoms. The van der Waals surface area contributed by atoms with Crippen LogP contribution < -0.4 is 10.1 Å². The monoisotopic (exact) mass is 310 g/mol. The van der Waals surface area contributed by atoms with Gasteiger partial charge in [0.25, 0.3) is 0 Å². The highest BCUT2D eigenvalue weighted by atomic mass is 32.1. The lowest BCUT2D eigenvalue weighted by Crippen LogP contribution is -1.90. The zero-order valence-corrected chi connectivity index (χ0v) is 13.7. The number of hydrogen-bond acceptors (Lipinski definition) is 4. The molecule has 0 unspecified atom stereocenters. The highest BCUT2D eigenvalue weighted by Crippen LogP contribution is 2.30.